The first-order valence-electron chi connectivity index (χ1n) is 9.25. The highest BCUT2D eigenvalue weighted by molar-refractivity contribution is 4.84. The molecule has 1 saturated heterocycles. The van der Waals surface area contributed by atoms with Gasteiger partial charge in [0.2, 0.25) is 0 Å². The largest absolute Gasteiger partial charge is 0.378 e. The molecule has 1 aliphatic carbocycles. The molecule has 20 heavy (non-hydrogen) atoms. The van der Waals surface area contributed by atoms with E-state index in [9.17, 15) is 0 Å². The lowest BCUT2D eigenvalue weighted by Crippen LogP contribution is -2.37. The maximum absolute atomic E-state index is 6.05. The number of unbranched alkanes of at least 4 members (excludes halogenated alkanes) is 6. The maximum Gasteiger partial charge on any atom is 0.0615 e. The molecule has 0 spiro atoms. The van der Waals surface area contributed by atoms with Crippen molar-refractivity contribution < 1.29 is 4.74 Å². The quantitative estimate of drug-likeness (QED) is 0.555. The predicted octanol–water partition coefficient (Wildman–Crippen LogP) is 4.67. The number of hydrogen-bond donors (Lipinski definition) is 1. The van der Waals surface area contributed by atoms with Crippen LogP contribution in [0.1, 0.15) is 84.0 Å². The number of rotatable bonds is 11. The zero-order chi connectivity index (χ0) is 14.0. The van der Waals surface area contributed by atoms with Gasteiger partial charge in [0.15, 0.2) is 0 Å². The molecule has 2 heteroatoms. The summed E-state index contributed by atoms with van der Waals surface area (Å²) in [5, 5.41) is 3.70. The van der Waals surface area contributed by atoms with Gasteiger partial charge in [0.1, 0.15) is 0 Å². The molecule has 2 fully saturated rings. The van der Waals surface area contributed by atoms with Crippen molar-refractivity contribution in [3.8, 4) is 0 Å². The summed E-state index contributed by atoms with van der Waals surface area (Å²) in [5.74, 6) is 0.782. The second-order valence-corrected chi connectivity index (χ2v) is 6.90. The van der Waals surface area contributed by atoms with Crippen molar-refractivity contribution in [2.75, 3.05) is 13.2 Å². The van der Waals surface area contributed by atoms with Crippen LogP contribution in [0.3, 0.4) is 0 Å². The molecule has 2 nitrogen and oxygen atoms in total. The van der Waals surface area contributed by atoms with Crippen LogP contribution in [0.4, 0.5) is 0 Å². The molecule has 2 rings (SSSR count). The van der Waals surface area contributed by atoms with Gasteiger partial charge in [-0.05, 0) is 38.0 Å². The molecule has 0 aromatic rings. The van der Waals surface area contributed by atoms with Gasteiger partial charge in [-0.2, -0.15) is 0 Å². The van der Waals surface area contributed by atoms with Crippen LogP contribution >= 0.6 is 0 Å². The molecule has 0 amide bonds. The third-order valence-electron chi connectivity index (χ3n) is 4.92. The van der Waals surface area contributed by atoms with Crippen molar-refractivity contribution >= 4 is 0 Å². The lowest BCUT2D eigenvalue weighted by Gasteiger charge is -2.32. The van der Waals surface area contributed by atoms with Gasteiger partial charge in [0, 0.05) is 19.2 Å². The van der Waals surface area contributed by atoms with Crippen LogP contribution in [0.2, 0.25) is 0 Å². The maximum atomic E-state index is 6.05. The Morgan fingerprint density at radius 1 is 0.950 bits per heavy atom. The van der Waals surface area contributed by atoms with Crippen molar-refractivity contribution in [3.63, 3.8) is 0 Å². The van der Waals surface area contributed by atoms with Crippen LogP contribution in [0, 0.1) is 5.92 Å². The second-order valence-electron chi connectivity index (χ2n) is 6.90. The van der Waals surface area contributed by atoms with E-state index >= 15 is 0 Å². The van der Waals surface area contributed by atoms with Crippen molar-refractivity contribution in [3.05, 3.63) is 0 Å². The summed E-state index contributed by atoms with van der Waals surface area (Å²) < 4.78 is 6.05. The Morgan fingerprint density at radius 3 is 2.45 bits per heavy atom. The van der Waals surface area contributed by atoms with Crippen molar-refractivity contribution in [2.45, 2.75) is 96.1 Å². The zero-order valence-corrected chi connectivity index (χ0v) is 13.5. The molecule has 0 aromatic carbocycles. The van der Waals surface area contributed by atoms with E-state index in [-0.39, 0.29) is 0 Å². The van der Waals surface area contributed by atoms with E-state index < -0.39 is 0 Å². The number of ether oxygens (including phenoxy) is 1. The molecule has 2 atom stereocenters. The molecular formula is C18H35NO. The first-order chi connectivity index (χ1) is 9.90. The third-order valence-corrected chi connectivity index (χ3v) is 4.92. The van der Waals surface area contributed by atoms with Gasteiger partial charge in [-0.25, -0.2) is 0 Å². The third kappa shape index (κ3) is 6.58. The Balaban J connectivity index is 1.52. The van der Waals surface area contributed by atoms with Crippen LogP contribution in [0.25, 0.3) is 0 Å². The van der Waals surface area contributed by atoms with Gasteiger partial charge in [-0.3, -0.25) is 0 Å². The molecule has 0 bridgehead atoms. The van der Waals surface area contributed by atoms with Crippen LogP contribution < -0.4 is 5.32 Å². The highest BCUT2D eigenvalue weighted by atomic mass is 16.5. The monoisotopic (exact) mass is 281 g/mol. The molecule has 0 aromatic heterocycles. The van der Waals surface area contributed by atoms with Gasteiger partial charge in [-0.15, -0.1) is 0 Å². The van der Waals surface area contributed by atoms with Gasteiger partial charge >= 0.3 is 0 Å². The van der Waals surface area contributed by atoms with Gasteiger partial charge in [-0.1, -0.05) is 51.9 Å². The van der Waals surface area contributed by atoms with Crippen LogP contribution in [-0.2, 0) is 4.74 Å². The molecule has 2 unspecified atom stereocenters. The molecule has 1 saturated carbocycles. The Hall–Kier alpha value is -0.0800. The first-order valence-corrected chi connectivity index (χ1v) is 9.25. The fraction of sp³-hybridized carbons (Fsp3) is 1.00. The minimum absolute atomic E-state index is 0.547. The summed E-state index contributed by atoms with van der Waals surface area (Å²) in [5.41, 5.74) is 0. The lowest BCUT2D eigenvalue weighted by molar-refractivity contribution is -0.0314. The van der Waals surface area contributed by atoms with Crippen molar-refractivity contribution in [1.82, 2.24) is 5.32 Å². The minimum Gasteiger partial charge on any atom is -0.378 e. The average Bonchev–Trinajstić information content (AvgIpc) is 3.29. The van der Waals surface area contributed by atoms with Crippen molar-refractivity contribution in [1.29, 1.82) is 0 Å². The summed E-state index contributed by atoms with van der Waals surface area (Å²) in [6.45, 7) is 4.49. The molecular weight excluding hydrogens is 246 g/mol. The van der Waals surface area contributed by atoms with Crippen LogP contribution in [-0.4, -0.2) is 25.3 Å². The lowest BCUT2D eigenvalue weighted by atomic mass is 9.90. The van der Waals surface area contributed by atoms with E-state index in [2.05, 4.69) is 12.2 Å². The predicted molar refractivity (Wildman–Crippen MR) is 86.1 cm³/mol. The second kappa shape index (κ2) is 9.78. The fourth-order valence-corrected chi connectivity index (χ4v) is 3.36. The summed E-state index contributed by atoms with van der Waals surface area (Å²) in [6.07, 6.45) is 17.1. The van der Waals surface area contributed by atoms with E-state index in [1.54, 1.807) is 0 Å². The highest BCUT2D eigenvalue weighted by Crippen LogP contribution is 2.26. The Labute approximate surface area is 126 Å². The van der Waals surface area contributed by atoms with Gasteiger partial charge in [0.25, 0.3) is 0 Å². The summed E-state index contributed by atoms with van der Waals surface area (Å²) in [7, 11) is 0. The van der Waals surface area contributed by atoms with E-state index in [1.807, 2.05) is 0 Å². The van der Waals surface area contributed by atoms with Crippen LogP contribution in [0.5, 0.6) is 0 Å². The van der Waals surface area contributed by atoms with Crippen LogP contribution in [0.15, 0.2) is 0 Å². The Morgan fingerprint density at radius 2 is 1.70 bits per heavy atom. The molecule has 1 heterocycles. The molecule has 118 valence electrons. The van der Waals surface area contributed by atoms with Crippen molar-refractivity contribution in [2.24, 2.45) is 5.92 Å². The summed E-state index contributed by atoms with van der Waals surface area (Å²) in [4.78, 5) is 0. The SMILES string of the molecule is CCCCCCCCCC1OCCCC1CNC1CC1. The van der Waals surface area contributed by atoms with Gasteiger partial charge in [0.05, 0.1) is 6.10 Å². The minimum atomic E-state index is 0.547. The fourth-order valence-electron chi connectivity index (χ4n) is 3.36. The average molecular weight is 281 g/mol. The molecule has 1 aliphatic heterocycles. The molecule has 1 N–H and O–H groups in total. The number of hydrogen-bond acceptors (Lipinski definition) is 2. The summed E-state index contributed by atoms with van der Waals surface area (Å²) >= 11 is 0. The first kappa shape index (κ1) is 16.3. The van der Waals surface area contributed by atoms with Gasteiger partial charge < -0.3 is 10.1 Å². The molecule has 2 aliphatic rings. The Bertz CT molecular complexity index is 240. The topological polar surface area (TPSA) is 21.3 Å². The number of nitrogens with one attached hydrogen (secondary N) is 1. The zero-order valence-electron chi connectivity index (χ0n) is 13.5. The van der Waals surface area contributed by atoms with E-state index in [0.717, 1.165) is 18.6 Å². The molecule has 0 radical (unpaired) electrons. The highest BCUT2D eigenvalue weighted by Gasteiger charge is 2.28. The Kier molecular flexibility index (Phi) is 7.97. The summed E-state index contributed by atoms with van der Waals surface area (Å²) in [6, 6.07) is 0.844. The smallest absolute Gasteiger partial charge is 0.0615 e. The normalized spacial score (nSPS) is 26.9. The van der Waals surface area contributed by atoms with E-state index in [1.165, 1.54) is 83.6 Å². The standard InChI is InChI=1S/C18H35NO/c1-2-3-4-5-6-7-8-11-18-16(10-9-14-20-18)15-19-17-12-13-17/h16-19H,2-15H2,1H3. The van der Waals surface area contributed by atoms with E-state index in [4.69, 9.17) is 4.74 Å². The van der Waals surface area contributed by atoms with E-state index in [0.29, 0.717) is 6.10 Å².